The number of nitrogens with one attached hydrogen (secondary N) is 1. The van der Waals surface area contributed by atoms with Crippen LogP contribution in [0.3, 0.4) is 0 Å². The maximum Gasteiger partial charge on any atom is 0.248 e. The van der Waals surface area contributed by atoms with Crippen molar-refractivity contribution in [1.82, 2.24) is 29.6 Å². The minimum atomic E-state index is -0.838. The van der Waals surface area contributed by atoms with Crippen LogP contribution in [-0.2, 0) is 16.1 Å². The van der Waals surface area contributed by atoms with Gasteiger partial charge >= 0.3 is 0 Å². The number of fused-ring (bicyclic) bond motifs is 1. The van der Waals surface area contributed by atoms with E-state index in [9.17, 15) is 14.7 Å². The first kappa shape index (κ1) is 26.9. The molecule has 2 N–H and O–H groups in total. The highest BCUT2D eigenvalue weighted by molar-refractivity contribution is 9.10. The van der Waals surface area contributed by atoms with E-state index in [1.54, 1.807) is 47.1 Å². The van der Waals surface area contributed by atoms with Crippen molar-refractivity contribution in [2.75, 3.05) is 5.32 Å². The molecule has 0 saturated carbocycles. The molecular weight excluding hydrogens is 562 g/mol. The smallest absolute Gasteiger partial charge is 0.248 e. The van der Waals surface area contributed by atoms with Gasteiger partial charge in [-0.1, -0.05) is 19.1 Å². The molecule has 1 aromatic carbocycles. The van der Waals surface area contributed by atoms with E-state index in [0.29, 0.717) is 28.4 Å². The van der Waals surface area contributed by atoms with Gasteiger partial charge in [0.25, 0.3) is 0 Å². The maximum absolute atomic E-state index is 13.7. The molecule has 10 nitrogen and oxygen atoms in total. The van der Waals surface area contributed by atoms with Crippen LogP contribution in [0.5, 0.6) is 0 Å². The Labute approximate surface area is 234 Å². The van der Waals surface area contributed by atoms with Gasteiger partial charge in [0.15, 0.2) is 0 Å². The summed E-state index contributed by atoms with van der Waals surface area (Å²) in [7, 11) is 0. The molecule has 4 heterocycles. The average Bonchev–Trinajstić information content (AvgIpc) is 3.41. The van der Waals surface area contributed by atoms with Gasteiger partial charge in [0.2, 0.25) is 11.8 Å². The van der Waals surface area contributed by atoms with Crippen LogP contribution in [-0.4, -0.2) is 58.6 Å². The fourth-order valence-corrected chi connectivity index (χ4v) is 5.45. The third-order valence-corrected chi connectivity index (χ3v) is 7.77. The summed E-state index contributed by atoms with van der Waals surface area (Å²) in [6, 6.07) is 10.3. The second-order valence-corrected chi connectivity index (χ2v) is 10.9. The lowest BCUT2D eigenvalue weighted by Gasteiger charge is -2.28. The van der Waals surface area contributed by atoms with E-state index in [1.807, 2.05) is 39.0 Å². The Kier molecular flexibility index (Phi) is 7.46. The number of aliphatic hydroxyl groups excluding tert-OH is 1. The Bertz CT molecular complexity index is 1540. The summed E-state index contributed by atoms with van der Waals surface area (Å²) in [6.07, 6.45) is 3.22. The van der Waals surface area contributed by atoms with Gasteiger partial charge in [-0.2, -0.15) is 5.10 Å². The zero-order chi connectivity index (χ0) is 27.8. The van der Waals surface area contributed by atoms with Crippen molar-refractivity contribution in [2.24, 2.45) is 5.92 Å². The Morgan fingerprint density at radius 2 is 1.90 bits per heavy atom. The van der Waals surface area contributed by atoms with Crippen LogP contribution >= 0.6 is 15.9 Å². The molecular formula is C28H30BrN7O3. The molecule has 1 aliphatic rings. The maximum atomic E-state index is 13.7. The monoisotopic (exact) mass is 591 g/mol. The fraction of sp³-hybridized carbons (Fsp3) is 0.357. The van der Waals surface area contributed by atoms with E-state index in [2.05, 4.69) is 41.3 Å². The lowest BCUT2D eigenvalue weighted by atomic mass is 10.0. The summed E-state index contributed by atoms with van der Waals surface area (Å²) in [6.45, 7) is 7.42. The number of anilines is 1. The molecule has 202 valence electrons. The number of benzene rings is 1. The SMILES string of the molecule is Cc1ncc(-c2ccc3c(c2)c(C(C)O)nn3CC(=O)N2[C@H](C)[C@H](C)C[C@H]2C(=O)Nc2cccc(Br)n2)cn1. The molecule has 0 aliphatic carbocycles. The number of aryl methyl sites for hydroxylation is 1. The quantitative estimate of drug-likeness (QED) is 0.320. The summed E-state index contributed by atoms with van der Waals surface area (Å²) < 4.78 is 2.22. The molecule has 0 bridgehead atoms. The number of aromatic nitrogens is 5. The number of carbonyl (C=O) groups is 2. The number of likely N-dealkylation sites (tertiary alicyclic amines) is 1. The second-order valence-electron chi connectivity index (χ2n) is 10.1. The van der Waals surface area contributed by atoms with E-state index < -0.39 is 12.1 Å². The predicted molar refractivity (Wildman–Crippen MR) is 151 cm³/mol. The Morgan fingerprint density at radius 3 is 2.59 bits per heavy atom. The molecule has 4 aromatic rings. The number of halogens is 1. The molecule has 39 heavy (non-hydrogen) atoms. The molecule has 1 fully saturated rings. The van der Waals surface area contributed by atoms with Crippen LogP contribution in [0.15, 0.2) is 53.4 Å². The van der Waals surface area contributed by atoms with Crippen LogP contribution in [0.4, 0.5) is 5.82 Å². The predicted octanol–water partition coefficient (Wildman–Crippen LogP) is 4.28. The molecule has 3 aromatic heterocycles. The summed E-state index contributed by atoms with van der Waals surface area (Å²) >= 11 is 3.32. The van der Waals surface area contributed by atoms with Gasteiger partial charge in [-0.05, 0) is 78.9 Å². The van der Waals surface area contributed by atoms with E-state index in [-0.39, 0.29) is 30.3 Å². The van der Waals surface area contributed by atoms with Crippen LogP contribution < -0.4 is 5.32 Å². The number of hydrogen-bond acceptors (Lipinski definition) is 7. The first-order valence-corrected chi connectivity index (χ1v) is 13.6. The van der Waals surface area contributed by atoms with Crippen molar-refractivity contribution in [1.29, 1.82) is 0 Å². The number of amides is 2. The van der Waals surface area contributed by atoms with Gasteiger partial charge in [0.1, 0.15) is 28.8 Å². The third kappa shape index (κ3) is 5.41. The largest absolute Gasteiger partial charge is 0.387 e. The number of rotatable bonds is 6. The van der Waals surface area contributed by atoms with Crippen molar-refractivity contribution < 1.29 is 14.7 Å². The minimum absolute atomic E-state index is 0.0633. The van der Waals surface area contributed by atoms with Crippen molar-refractivity contribution in [2.45, 2.75) is 58.8 Å². The number of aliphatic hydroxyl groups is 1. The standard InChI is InChI=1S/C28H30BrN7O3/c1-15-10-23(28(39)33-25-7-5-6-24(29)32-25)36(16(15)2)26(38)14-35-22-9-8-19(20-12-30-18(4)31-13-20)11-21(22)27(34-35)17(3)37/h5-9,11-13,15-17,23,37H,10,14H2,1-4H3,(H,32,33,39)/t15-,16-,17?,23+/m1/s1. The average molecular weight is 592 g/mol. The minimum Gasteiger partial charge on any atom is -0.387 e. The van der Waals surface area contributed by atoms with E-state index in [1.165, 1.54) is 0 Å². The number of hydrogen-bond donors (Lipinski definition) is 2. The first-order valence-electron chi connectivity index (χ1n) is 12.8. The summed E-state index contributed by atoms with van der Waals surface area (Å²) in [5, 5.41) is 18.7. The van der Waals surface area contributed by atoms with Crippen LogP contribution in [0, 0.1) is 12.8 Å². The Morgan fingerprint density at radius 1 is 1.15 bits per heavy atom. The van der Waals surface area contributed by atoms with Gasteiger partial charge in [0.05, 0.1) is 17.3 Å². The van der Waals surface area contributed by atoms with Gasteiger partial charge in [0, 0.05) is 29.4 Å². The van der Waals surface area contributed by atoms with E-state index >= 15 is 0 Å². The third-order valence-electron chi connectivity index (χ3n) is 7.32. The van der Waals surface area contributed by atoms with Gasteiger partial charge in [-0.15, -0.1) is 0 Å². The van der Waals surface area contributed by atoms with E-state index in [0.717, 1.165) is 22.0 Å². The van der Waals surface area contributed by atoms with Gasteiger partial charge in [-0.25, -0.2) is 15.0 Å². The molecule has 1 aliphatic heterocycles. The molecule has 5 rings (SSSR count). The zero-order valence-corrected chi connectivity index (χ0v) is 23.8. The number of pyridine rings is 1. The molecule has 0 spiro atoms. The van der Waals surface area contributed by atoms with Gasteiger partial charge in [-0.3, -0.25) is 14.3 Å². The van der Waals surface area contributed by atoms with Crippen LogP contribution in [0.1, 0.15) is 44.8 Å². The summed E-state index contributed by atoms with van der Waals surface area (Å²) in [4.78, 5) is 41.5. The molecule has 2 amide bonds. The van der Waals surface area contributed by atoms with Crippen molar-refractivity contribution in [3.63, 3.8) is 0 Å². The van der Waals surface area contributed by atoms with Crippen molar-refractivity contribution >= 4 is 44.5 Å². The topological polar surface area (TPSA) is 126 Å². The van der Waals surface area contributed by atoms with Crippen molar-refractivity contribution in [3.8, 4) is 11.1 Å². The molecule has 1 saturated heterocycles. The first-order chi connectivity index (χ1) is 18.6. The number of carbonyl (C=O) groups excluding carboxylic acids is 2. The van der Waals surface area contributed by atoms with Crippen LogP contribution in [0.2, 0.25) is 0 Å². The lowest BCUT2D eigenvalue weighted by molar-refractivity contribution is -0.139. The Hall–Kier alpha value is -3.70. The van der Waals surface area contributed by atoms with Crippen LogP contribution in [0.25, 0.3) is 22.0 Å². The molecule has 11 heteroatoms. The fourth-order valence-electron chi connectivity index (χ4n) is 5.11. The normalized spacial score (nSPS) is 19.8. The number of nitrogens with zero attached hydrogens (tertiary/aromatic N) is 6. The molecule has 4 atom stereocenters. The lowest BCUT2D eigenvalue weighted by Crippen LogP contribution is -2.47. The zero-order valence-electron chi connectivity index (χ0n) is 22.2. The molecule has 1 unspecified atom stereocenters. The second kappa shape index (κ2) is 10.8. The summed E-state index contributed by atoms with van der Waals surface area (Å²) in [5.74, 6) is 0.753. The summed E-state index contributed by atoms with van der Waals surface area (Å²) in [5.41, 5.74) is 2.92. The highest BCUT2D eigenvalue weighted by Gasteiger charge is 2.43. The van der Waals surface area contributed by atoms with Crippen molar-refractivity contribution in [3.05, 3.63) is 64.9 Å². The van der Waals surface area contributed by atoms with E-state index in [4.69, 9.17) is 0 Å². The highest BCUT2D eigenvalue weighted by Crippen LogP contribution is 2.32. The highest BCUT2D eigenvalue weighted by atomic mass is 79.9. The van der Waals surface area contributed by atoms with Gasteiger partial charge < -0.3 is 15.3 Å². The Balaban J connectivity index is 1.43. The molecule has 0 radical (unpaired) electrons.